The molecule has 7 heteroatoms. The smallest absolute Gasteiger partial charge is 0.196 e. The summed E-state index contributed by atoms with van der Waals surface area (Å²) in [6.07, 6.45) is 0.106. The number of hydrogen-bond acceptors (Lipinski definition) is 6. The van der Waals surface area contributed by atoms with Crippen LogP contribution in [0.15, 0.2) is 53.0 Å². The van der Waals surface area contributed by atoms with Gasteiger partial charge in [-0.1, -0.05) is 36.0 Å². The van der Waals surface area contributed by atoms with Gasteiger partial charge in [-0.05, 0) is 23.6 Å². The van der Waals surface area contributed by atoms with Crippen molar-refractivity contribution in [3.8, 4) is 16.4 Å². The number of para-hydroxylation sites is 1. The van der Waals surface area contributed by atoms with Crippen LogP contribution in [0.3, 0.4) is 0 Å². The van der Waals surface area contributed by atoms with E-state index >= 15 is 0 Å². The topological polar surface area (TPSA) is 49.2 Å². The minimum absolute atomic E-state index is 0.106. The first kappa shape index (κ1) is 15.8. The van der Waals surface area contributed by atoms with Gasteiger partial charge in [0.05, 0.1) is 30.8 Å². The molecule has 0 unspecified atom stereocenters. The molecule has 1 saturated heterocycles. The molecule has 0 radical (unpaired) electrons. The minimum Gasteiger partial charge on any atom is -0.376 e. The second kappa shape index (κ2) is 7.48. The third-order valence-corrected chi connectivity index (χ3v) is 5.60. The van der Waals surface area contributed by atoms with E-state index in [9.17, 15) is 0 Å². The van der Waals surface area contributed by atoms with E-state index in [4.69, 9.17) is 9.47 Å². The lowest BCUT2D eigenvalue weighted by Gasteiger charge is -2.22. The molecule has 24 heavy (non-hydrogen) atoms. The Balaban J connectivity index is 1.64. The molecule has 5 nitrogen and oxygen atoms in total. The quantitative estimate of drug-likeness (QED) is 0.653. The monoisotopic (exact) mass is 359 g/mol. The first-order chi connectivity index (χ1) is 11.9. The van der Waals surface area contributed by atoms with Gasteiger partial charge in [0.2, 0.25) is 0 Å². The molecule has 1 aromatic carbocycles. The molecule has 3 aromatic rings. The number of thioether (sulfide) groups is 1. The van der Waals surface area contributed by atoms with Crippen molar-refractivity contribution in [1.29, 1.82) is 0 Å². The van der Waals surface area contributed by atoms with E-state index in [1.165, 1.54) is 0 Å². The second-order valence-corrected chi connectivity index (χ2v) is 7.27. The second-order valence-electron chi connectivity index (χ2n) is 5.33. The van der Waals surface area contributed by atoms with Crippen molar-refractivity contribution in [2.45, 2.75) is 11.3 Å². The first-order valence-electron chi connectivity index (χ1n) is 7.78. The fraction of sp³-hybridized carbons (Fsp3) is 0.294. The van der Waals surface area contributed by atoms with Crippen molar-refractivity contribution in [3.63, 3.8) is 0 Å². The van der Waals surface area contributed by atoms with Crippen molar-refractivity contribution < 1.29 is 9.47 Å². The van der Waals surface area contributed by atoms with Gasteiger partial charge in [0.1, 0.15) is 0 Å². The molecule has 4 rings (SSSR count). The highest BCUT2D eigenvalue weighted by Gasteiger charge is 2.20. The van der Waals surface area contributed by atoms with Gasteiger partial charge in [-0.3, -0.25) is 4.57 Å². The molecule has 1 atom stereocenters. The summed E-state index contributed by atoms with van der Waals surface area (Å²) in [6, 6.07) is 14.3. The molecule has 0 spiro atoms. The molecule has 0 bridgehead atoms. The number of nitrogens with zero attached hydrogens (tertiary/aromatic N) is 3. The van der Waals surface area contributed by atoms with E-state index in [-0.39, 0.29) is 6.10 Å². The largest absolute Gasteiger partial charge is 0.376 e. The van der Waals surface area contributed by atoms with E-state index in [2.05, 4.69) is 38.3 Å². The Morgan fingerprint density at radius 3 is 2.79 bits per heavy atom. The molecule has 1 aliphatic rings. The zero-order chi connectivity index (χ0) is 16.2. The maximum absolute atomic E-state index is 5.72. The Hall–Kier alpha value is -1.67. The summed E-state index contributed by atoms with van der Waals surface area (Å²) in [7, 11) is 0. The zero-order valence-corrected chi connectivity index (χ0v) is 14.6. The minimum atomic E-state index is 0.106. The van der Waals surface area contributed by atoms with Gasteiger partial charge < -0.3 is 9.47 Å². The lowest BCUT2D eigenvalue weighted by molar-refractivity contribution is -0.0776. The highest BCUT2D eigenvalue weighted by molar-refractivity contribution is 7.99. The van der Waals surface area contributed by atoms with Gasteiger partial charge in [0, 0.05) is 11.4 Å². The van der Waals surface area contributed by atoms with Crippen molar-refractivity contribution in [3.05, 3.63) is 47.8 Å². The van der Waals surface area contributed by atoms with E-state index in [1.807, 2.05) is 24.3 Å². The number of rotatable bonds is 5. The van der Waals surface area contributed by atoms with Crippen molar-refractivity contribution in [2.75, 3.05) is 25.6 Å². The van der Waals surface area contributed by atoms with E-state index in [0.717, 1.165) is 27.3 Å². The van der Waals surface area contributed by atoms with Gasteiger partial charge in [-0.2, -0.15) is 0 Å². The maximum atomic E-state index is 5.72. The van der Waals surface area contributed by atoms with Crippen LogP contribution in [0.1, 0.15) is 0 Å². The summed E-state index contributed by atoms with van der Waals surface area (Å²) in [5, 5.41) is 11.8. The molecular formula is C17H17N3O2S2. The van der Waals surface area contributed by atoms with Crippen LogP contribution >= 0.6 is 23.1 Å². The Labute approximate surface area is 148 Å². The van der Waals surface area contributed by atoms with E-state index in [0.29, 0.717) is 19.8 Å². The number of aromatic nitrogens is 3. The fourth-order valence-corrected chi connectivity index (χ4v) is 4.18. The van der Waals surface area contributed by atoms with Crippen LogP contribution in [0.25, 0.3) is 16.4 Å². The van der Waals surface area contributed by atoms with Crippen LogP contribution in [0, 0.1) is 0 Å². The van der Waals surface area contributed by atoms with Crippen LogP contribution in [0.4, 0.5) is 0 Å². The Kier molecular flexibility index (Phi) is 4.94. The predicted molar refractivity (Wildman–Crippen MR) is 96.0 cm³/mol. The van der Waals surface area contributed by atoms with E-state index < -0.39 is 0 Å². The average molecular weight is 359 g/mol. The third-order valence-electron chi connectivity index (χ3n) is 3.67. The molecule has 1 aliphatic heterocycles. The summed E-state index contributed by atoms with van der Waals surface area (Å²) in [6.45, 7) is 1.99. The summed E-state index contributed by atoms with van der Waals surface area (Å²) in [4.78, 5) is 1.11. The maximum Gasteiger partial charge on any atom is 0.196 e. The molecular weight excluding hydrogens is 342 g/mol. The first-order valence-corrected chi connectivity index (χ1v) is 9.65. The standard InChI is InChI=1S/C17H17N3O2S2/c1-2-5-13(6-3-1)20-16(15-7-4-10-23-15)18-19-17(20)24-12-14-11-21-8-9-22-14/h1-7,10,14H,8-9,11-12H2/t14-/m1/s1. The molecule has 0 aliphatic carbocycles. The zero-order valence-electron chi connectivity index (χ0n) is 13.0. The summed E-state index contributed by atoms with van der Waals surface area (Å²) < 4.78 is 13.3. The number of hydrogen-bond donors (Lipinski definition) is 0. The van der Waals surface area contributed by atoms with Crippen molar-refractivity contribution in [2.24, 2.45) is 0 Å². The number of benzene rings is 1. The van der Waals surface area contributed by atoms with Crippen LogP contribution in [-0.4, -0.2) is 46.4 Å². The van der Waals surface area contributed by atoms with Gasteiger partial charge in [0.25, 0.3) is 0 Å². The number of ether oxygens (including phenoxy) is 2. The van der Waals surface area contributed by atoms with Crippen LogP contribution < -0.4 is 0 Å². The van der Waals surface area contributed by atoms with Gasteiger partial charge in [0.15, 0.2) is 11.0 Å². The van der Waals surface area contributed by atoms with Crippen molar-refractivity contribution >= 4 is 23.1 Å². The molecule has 2 aromatic heterocycles. The van der Waals surface area contributed by atoms with Crippen LogP contribution in [0.5, 0.6) is 0 Å². The number of thiophene rings is 1. The predicted octanol–water partition coefficient (Wildman–Crippen LogP) is 3.50. The van der Waals surface area contributed by atoms with E-state index in [1.54, 1.807) is 23.1 Å². The molecule has 0 amide bonds. The third kappa shape index (κ3) is 3.39. The van der Waals surface area contributed by atoms with Crippen molar-refractivity contribution in [1.82, 2.24) is 14.8 Å². The molecule has 124 valence electrons. The summed E-state index contributed by atoms with van der Waals surface area (Å²) in [5.41, 5.74) is 1.06. The molecule has 0 N–H and O–H groups in total. The highest BCUT2D eigenvalue weighted by atomic mass is 32.2. The Morgan fingerprint density at radius 2 is 2.04 bits per heavy atom. The normalized spacial score (nSPS) is 17.9. The lowest BCUT2D eigenvalue weighted by atomic mass is 10.3. The van der Waals surface area contributed by atoms with Gasteiger partial charge in [-0.15, -0.1) is 21.5 Å². The van der Waals surface area contributed by atoms with Gasteiger partial charge in [-0.25, -0.2) is 0 Å². The summed E-state index contributed by atoms with van der Waals surface area (Å²) in [5.74, 6) is 1.68. The molecule has 0 saturated carbocycles. The Bertz CT molecular complexity index is 769. The SMILES string of the molecule is c1ccc(-n2c(SC[C@H]3COCCO3)nnc2-c2cccs2)cc1. The fourth-order valence-electron chi connectivity index (χ4n) is 2.54. The van der Waals surface area contributed by atoms with Crippen LogP contribution in [0.2, 0.25) is 0 Å². The van der Waals surface area contributed by atoms with Gasteiger partial charge >= 0.3 is 0 Å². The highest BCUT2D eigenvalue weighted by Crippen LogP contribution is 2.30. The molecule has 1 fully saturated rings. The lowest BCUT2D eigenvalue weighted by Crippen LogP contribution is -2.30. The van der Waals surface area contributed by atoms with Crippen LogP contribution in [-0.2, 0) is 9.47 Å². The Morgan fingerprint density at radius 1 is 1.12 bits per heavy atom. The summed E-state index contributed by atoms with van der Waals surface area (Å²) >= 11 is 3.32. The average Bonchev–Trinajstić information content (AvgIpc) is 3.31. The molecule has 3 heterocycles.